The molecule has 0 unspecified atom stereocenters. The molecule has 2 aliphatic rings. The number of ether oxygens (including phenoxy) is 2. The van der Waals surface area contributed by atoms with Crippen LogP contribution in [0.15, 0.2) is 21.8 Å². The van der Waals surface area contributed by atoms with E-state index in [0.717, 1.165) is 35.6 Å². The zero-order chi connectivity index (χ0) is 14.2. The molecule has 1 fully saturated rings. The van der Waals surface area contributed by atoms with Gasteiger partial charge in [0.15, 0.2) is 6.79 Å². The lowest BCUT2D eigenvalue weighted by Gasteiger charge is -2.20. The summed E-state index contributed by atoms with van der Waals surface area (Å²) >= 11 is 7.65. The summed E-state index contributed by atoms with van der Waals surface area (Å²) in [6.07, 6.45) is 2.31. The van der Waals surface area contributed by atoms with Crippen molar-refractivity contribution in [3.63, 3.8) is 0 Å². The van der Waals surface area contributed by atoms with Crippen LogP contribution in [0.25, 0.3) is 0 Å². The number of aromatic nitrogens is 2. The molecule has 1 aliphatic carbocycles. The Kier molecular flexibility index (Phi) is 3.52. The van der Waals surface area contributed by atoms with Crippen LogP contribution in [0.2, 0.25) is 5.02 Å². The normalized spacial score (nSPS) is 17.4. The van der Waals surface area contributed by atoms with Crippen molar-refractivity contribution >= 4 is 23.4 Å². The molecule has 1 aromatic carbocycles. The van der Waals surface area contributed by atoms with Crippen LogP contribution in [0.4, 0.5) is 0 Å². The summed E-state index contributed by atoms with van der Waals surface area (Å²) in [6.45, 7) is 0.804. The summed E-state index contributed by atoms with van der Waals surface area (Å²) in [7, 11) is 0. The van der Waals surface area contributed by atoms with Gasteiger partial charge in [0.2, 0.25) is 5.89 Å². The van der Waals surface area contributed by atoms with Crippen molar-refractivity contribution in [3.8, 4) is 5.75 Å². The maximum absolute atomic E-state index is 6.15. The number of hydrogen-bond donors (Lipinski definition) is 0. The van der Waals surface area contributed by atoms with Gasteiger partial charge in [-0.05, 0) is 25.0 Å². The number of benzene rings is 1. The molecule has 0 amide bonds. The first kappa shape index (κ1) is 13.4. The highest BCUT2D eigenvalue weighted by Crippen LogP contribution is 2.40. The Morgan fingerprint density at radius 2 is 2.19 bits per heavy atom. The SMILES string of the molecule is Clc1cc2c(c(CSc3nnc(C4CC4)o3)c1)OCOC2. The number of fused-ring (bicyclic) bond motifs is 1. The Labute approximate surface area is 131 Å². The van der Waals surface area contributed by atoms with E-state index in [0.29, 0.717) is 28.5 Å². The molecule has 110 valence electrons. The monoisotopic (exact) mass is 324 g/mol. The van der Waals surface area contributed by atoms with Crippen LogP contribution in [-0.4, -0.2) is 17.0 Å². The van der Waals surface area contributed by atoms with Crippen molar-refractivity contribution in [3.05, 3.63) is 34.2 Å². The van der Waals surface area contributed by atoms with E-state index in [-0.39, 0.29) is 6.79 Å². The lowest BCUT2D eigenvalue weighted by Crippen LogP contribution is -2.12. The molecule has 7 heteroatoms. The summed E-state index contributed by atoms with van der Waals surface area (Å²) in [6, 6.07) is 3.79. The van der Waals surface area contributed by atoms with E-state index in [1.54, 1.807) is 0 Å². The molecular formula is C14H13ClN2O3S. The van der Waals surface area contributed by atoms with Crippen molar-refractivity contribution in [2.75, 3.05) is 6.79 Å². The summed E-state index contributed by atoms with van der Waals surface area (Å²) < 4.78 is 16.5. The summed E-state index contributed by atoms with van der Waals surface area (Å²) in [5.41, 5.74) is 2.01. The number of halogens is 1. The van der Waals surface area contributed by atoms with Gasteiger partial charge in [-0.15, -0.1) is 10.2 Å². The minimum atomic E-state index is 0.276. The molecule has 2 heterocycles. The molecule has 5 nitrogen and oxygen atoms in total. The van der Waals surface area contributed by atoms with Crippen LogP contribution in [0.3, 0.4) is 0 Å². The topological polar surface area (TPSA) is 57.4 Å². The Balaban J connectivity index is 1.51. The molecule has 1 saturated carbocycles. The third-order valence-corrected chi connectivity index (χ3v) is 4.54. The van der Waals surface area contributed by atoms with Gasteiger partial charge in [-0.1, -0.05) is 23.4 Å². The van der Waals surface area contributed by atoms with E-state index in [1.165, 1.54) is 11.8 Å². The summed E-state index contributed by atoms with van der Waals surface area (Å²) in [4.78, 5) is 0. The molecule has 0 radical (unpaired) electrons. The lowest BCUT2D eigenvalue weighted by atomic mass is 10.1. The second kappa shape index (κ2) is 5.51. The molecule has 1 aromatic heterocycles. The van der Waals surface area contributed by atoms with Gasteiger partial charge in [0.25, 0.3) is 5.22 Å². The Morgan fingerprint density at radius 1 is 1.29 bits per heavy atom. The van der Waals surface area contributed by atoms with Gasteiger partial charge in [0.1, 0.15) is 5.75 Å². The van der Waals surface area contributed by atoms with Crippen molar-refractivity contribution < 1.29 is 13.9 Å². The van der Waals surface area contributed by atoms with Crippen molar-refractivity contribution in [1.82, 2.24) is 10.2 Å². The third kappa shape index (κ3) is 2.88. The van der Waals surface area contributed by atoms with E-state index in [4.69, 9.17) is 25.5 Å². The number of nitrogens with zero attached hydrogens (tertiary/aromatic N) is 2. The second-order valence-corrected chi connectivity index (χ2v) is 6.50. The van der Waals surface area contributed by atoms with Gasteiger partial charge in [0, 0.05) is 27.8 Å². The fraction of sp³-hybridized carbons (Fsp3) is 0.429. The molecule has 4 rings (SSSR count). The predicted octanol–water partition coefficient (Wildman–Crippen LogP) is 3.76. The van der Waals surface area contributed by atoms with E-state index in [2.05, 4.69) is 10.2 Å². The van der Waals surface area contributed by atoms with Gasteiger partial charge in [-0.25, -0.2) is 0 Å². The predicted molar refractivity (Wildman–Crippen MR) is 77.6 cm³/mol. The highest BCUT2D eigenvalue weighted by Gasteiger charge is 2.29. The zero-order valence-electron chi connectivity index (χ0n) is 11.2. The maximum Gasteiger partial charge on any atom is 0.276 e. The first-order valence-electron chi connectivity index (χ1n) is 6.77. The number of rotatable bonds is 4. The largest absolute Gasteiger partial charge is 0.467 e. The quantitative estimate of drug-likeness (QED) is 0.798. The van der Waals surface area contributed by atoms with Gasteiger partial charge < -0.3 is 13.9 Å². The molecule has 1 aliphatic heterocycles. The van der Waals surface area contributed by atoms with E-state index < -0.39 is 0 Å². The minimum Gasteiger partial charge on any atom is -0.467 e. The smallest absolute Gasteiger partial charge is 0.276 e. The standard InChI is InChI=1S/C14H13ClN2O3S/c15-11-3-9-5-18-7-19-12(9)10(4-11)6-21-14-17-16-13(20-14)8-1-2-8/h3-4,8H,1-2,5-7H2. The zero-order valence-corrected chi connectivity index (χ0v) is 12.7. The van der Waals surface area contributed by atoms with Gasteiger partial charge in [-0.2, -0.15) is 0 Å². The minimum absolute atomic E-state index is 0.276. The number of thioether (sulfide) groups is 1. The first-order valence-corrected chi connectivity index (χ1v) is 8.14. The van der Waals surface area contributed by atoms with Gasteiger partial charge >= 0.3 is 0 Å². The fourth-order valence-electron chi connectivity index (χ4n) is 2.28. The third-order valence-electron chi connectivity index (χ3n) is 3.45. The first-order chi connectivity index (χ1) is 10.3. The van der Waals surface area contributed by atoms with Crippen LogP contribution in [-0.2, 0) is 17.1 Å². The average molecular weight is 325 g/mol. The average Bonchev–Trinajstić information content (AvgIpc) is 3.24. The van der Waals surface area contributed by atoms with Gasteiger partial charge in [-0.3, -0.25) is 0 Å². The van der Waals surface area contributed by atoms with Crippen molar-refractivity contribution in [2.45, 2.75) is 36.3 Å². The molecule has 0 atom stereocenters. The van der Waals surface area contributed by atoms with Crippen LogP contribution in [0.1, 0.15) is 35.8 Å². The van der Waals surface area contributed by atoms with E-state index in [9.17, 15) is 0 Å². The molecule has 2 aromatic rings. The summed E-state index contributed by atoms with van der Waals surface area (Å²) in [5, 5.41) is 9.43. The van der Waals surface area contributed by atoms with E-state index >= 15 is 0 Å². The van der Waals surface area contributed by atoms with Crippen LogP contribution >= 0.6 is 23.4 Å². The molecule has 21 heavy (non-hydrogen) atoms. The highest BCUT2D eigenvalue weighted by molar-refractivity contribution is 7.98. The fourth-order valence-corrected chi connectivity index (χ4v) is 3.28. The second-order valence-electron chi connectivity index (χ2n) is 5.13. The van der Waals surface area contributed by atoms with Crippen molar-refractivity contribution in [1.29, 1.82) is 0 Å². The van der Waals surface area contributed by atoms with Crippen LogP contribution < -0.4 is 4.74 Å². The van der Waals surface area contributed by atoms with Gasteiger partial charge in [0.05, 0.1) is 6.61 Å². The molecule has 0 bridgehead atoms. The van der Waals surface area contributed by atoms with Crippen molar-refractivity contribution in [2.24, 2.45) is 0 Å². The Hall–Kier alpha value is -1.24. The molecule has 0 spiro atoms. The molecular weight excluding hydrogens is 312 g/mol. The van der Waals surface area contributed by atoms with E-state index in [1.807, 2.05) is 12.1 Å². The summed E-state index contributed by atoms with van der Waals surface area (Å²) in [5.74, 6) is 2.77. The van der Waals surface area contributed by atoms with Crippen LogP contribution in [0, 0.1) is 0 Å². The molecule has 0 saturated heterocycles. The maximum atomic E-state index is 6.15. The van der Waals surface area contributed by atoms with Crippen LogP contribution in [0.5, 0.6) is 5.75 Å². The Morgan fingerprint density at radius 3 is 3.05 bits per heavy atom. The Bertz CT molecular complexity index is 672. The molecule has 0 N–H and O–H groups in total. The lowest BCUT2D eigenvalue weighted by molar-refractivity contribution is -0.0168. The number of hydrogen-bond acceptors (Lipinski definition) is 6. The highest BCUT2D eigenvalue weighted by atomic mass is 35.5.